The lowest BCUT2D eigenvalue weighted by Gasteiger charge is -2.32. The van der Waals surface area contributed by atoms with E-state index in [-0.39, 0.29) is 29.1 Å². The molecule has 0 fully saturated rings. The molecule has 3 aromatic carbocycles. The number of hydrogen-bond acceptors (Lipinski definition) is 5. The van der Waals surface area contributed by atoms with E-state index >= 15 is 0 Å². The standard InChI is InChI=1S/C29H33ClFN3O5S/c1-5-20(2)32-29(36)21(3)33(18-22-7-6-8-23(30)17-22)28(35)19-34(25-11-9-24(31)10-12-25)40(37,38)27-15-13-26(39-4)14-16-27/h6-17,20-21H,5,18-19H2,1-4H3,(H,32,36). The summed E-state index contributed by atoms with van der Waals surface area (Å²) in [5, 5.41) is 3.33. The Morgan fingerprint density at radius 2 is 1.68 bits per heavy atom. The predicted molar refractivity (Wildman–Crippen MR) is 153 cm³/mol. The number of carbonyl (C=O) groups is 2. The highest BCUT2D eigenvalue weighted by Gasteiger charge is 2.33. The van der Waals surface area contributed by atoms with Gasteiger partial charge in [0, 0.05) is 17.6 Å². The molecule has 0 radical (unpaired) electrons. The van der Waals surface area contributed by atoms with Crippen LogP contribution in [0, 0.1) is 5.82 Å². The molecule has 8 nitrogen and oxygen atoms in total. The van der Waals surface area contributed by atoms with Crippen molar-refractivity contribution in [3.8, 4) is 5.75 Å². The van der Waals surface area contributed by atoms with Crippen molar-refractivity contribution >= 4 is 39.1 Å². The van der Waals surface area contributed by atoms with Gasteiger partial charge >= 0.3 is 0 Å². The minimum atomic E-state index is -4.28. The largest absolute Gasteiger partial charge is 0.497 e. The van der Waals surface area contributed by atoms with Gasteiger partial charge in [0.1, 0.15) is 24.2 Å². The normalized spacial score (nSPS) is 12.8. The highest BCUT2D eigenvalue weighted by atomic mass is 35.5. The number of benzene rings is 3. The van der Waals surface area contributed by atoms with E-state index in [4.69, 9.17) is 16.3 Å². The maximum atomic E-state index is 13.9. The van der Waals surface area contributed by atoms with Crippen molar-refractivity contribution in [3.05, 3.63) is 89.2 Å². The van der Waals surface area contributed by atoms with Crippen molar-refractivity contribution in [2.75, 3.05) is 18.0 Å². The maximum absolute atomic E-state index is 13.9. The minimum absolute atomic E-state index is 0.00826. The molecule has 40 heavy (non-hydrogen) atoms. The summed E-state index contributed by atoms with van der Waals surface area (Å²) in [6.45, 7) is 4.73. The second-order valence-electron chi connectivity index (χ2n) is 9.31. The lowest BCUT2D eigenvalue weighted by molar-refractivity contribution is -0.139. The lowest BCUT2D eigenvalue weighted by Crippen LogP contribution is -2.52. The van der Waals surface area contributed by atoms with Crippen molar-refractivity contribution < 1.29 is 27.1 Å². The number of anilines is 1. The van der Waals surface area contributed by atoms with Gasteiger partial charge in [-0.15, -0.1) is 0 Å². The second kappa shape index (κ2) is 13.6. The molecule has 3 aromatic rings. The molecule has 0 aliphatic heterocycles. The molecule has 0 bridgehead atoms. The third kappa shape index (κ3) is 7.73. The van der Waals surface area contributed by atoms with Crippen LogP contribution in [0.5, 0.6) is 5.75 Å². The van der Waals surface area contributed by atoms with Crippen LogP contribution in [-0.2, 0) is 26.2 Å². The minimum Gasteiger partial charge on any atom is -0.497 e. The van der Waals surface area contributed by atoms with Crippen LogP contribution in [0.2, 0.25) is 5.02 Å². The van der Waals surface area contributed by atoms with Gasteiger partial charge < -0.3 is 15.0 Å². The van der Waals surface area contributed by atoms with E-state index in [0.29, 0.717) is 22.8 Å². The molecule has 0 aliphatic rings. The van der Waals surface area contributed by atoms with E-state index in [0.717, 1.165) is 16.4 Å². The molecule has 0 saturated carbocycles. The monoisotopic (exact) mass is 589 g/mol. The fourth-order valence-electron chi connectivity index (χ4n) is 3.89. The Kier molecular flexibility index (Phi) is 10.5. The summed E-state index contributed by atoms with van der Waals surface area (Å²) in [7, 11) is -2.82. The molecule has 2 amide bonds. The average Bonchev–Trinajstić information content (AvgIpc) is 2.94. The second-order valence-corrected chi connectivity index (χ2v) is 11.6. The van der Waals surface area contributed by atoms with Gasteiger partial charge in [0.2, 0.25) is 11.8 Å². The highest BCUT2D eigenvalue weighted by Crippen LogP contribution is 2.26. The number of sulfonamides is 1. The quantitative estimate of drug-likeness (QED) is 0.320. The van der Waals surface area contributed by atoms with Crippen LogP contribution in [0.1, 0.15) is 32.8 Å². The Hall–Kier alpha value is -3.63. The van der Waals surface area contributed by atoms with Gasteiger partial charge in [-0.1, -0.05) is 30.7 Å². The molecule has 2 unspecified atom stereocenters. The van der Waals surface area contributed by atoms with Crippen LogP contribution in [0.4, 0.5) is 10.1 Å². The van der Waals surface area contributed by atoms with Crippen molar-refractivity contribution in [2.24, 2.45) is 0 Å². The first kappa shape index (κ1) is 30.9. The molecule has 11 heteroatoms. The number of amides is 2. The Morgan fingerprint density at radius 1 is 1.02 bits per heavy atom. The van der Waals surface area contributed by atoms with Crippen molar-refractivity contribution in [1.82, 2.24) is 10.2 Å². The molecule has 2 atom stereocenters. The molecule has 3 rings (SSSR count). The summed E-state index contributed by atoms with van der Waals surface area (Å²) in [5.41, 5.74) is 0.750. The zero-order valence-corrected chi connectivity index (χ0v) is 24.4. The molecule has 214 valence electrons. The fourth-order valence-corrected chi connectivity index (χ4v) is 5.52. The summed E-state index contributed by atoms with van der Waals surface area (Å²) in [6, 6.07) is 16.3. The van der Waals surface area contributed by atoms with E-state index < -0.39 is 34.3 Å². The summed E-state index contributed by atoms with van der Waals surface area (Å²) in [5.74, 6) is -1.11. The fraction of sp³-hybridized carbons (Fsp3) is 0.310. The van der Waals surface area contributed by atoms with E-state index in [1.54, 1.807) is 31.2 Å². The Morgan fingerprint density at radius 3 is 2.25 bits per heavy atom. The predicted octanol–water partition coefficient (Wildman–Crippen LogP) is 5.02. The van der Waals surface area contributed by atoms with E-state index in [1.165, 1.54) is 48.4 Å². The Labute approximate surface area is 239 Å². The zero-order valence-electron chi connectivity index (χ0n) is 22.8. The van der Waals surface area contributed by atoms with Gasteiger partial charge in [-0.25, -0.2) is 12.8 Å². The van der Waals surface area contributed by atoms with Gasteiger partial charge in [-0.05, 0) is 86.5 Å². The van der Waals surface area contributed by atoms with Crippen LogP contribution in [0.3, 0.4) is 0 Å². The number of ether oxygens (including phenoxy) is 1. The average molecular weight is 590 g/mol. The molecular weight excluding hydrogens is 557 g/mol. The summed E-state index contributed by atoms with van der Waals surface area (Å²) in [6.07, 6.45) is 0.694. The van der Waals surface area contributed by atoms with Gasteiger partial charge in [-0.2, -0.15) is 0 Å². The maximum Gasteiger partial charge on any atom is 0.264 e. The number of carbonyl (C=O) groups excluding carboxylic acids is 2. The topological polar surface area (TPSA) is 96.0 Å². The van der Waals surface area contributed by atoms with E-state index in [1.807, 2.05) is 13.8 Å². The van der Waals surface area contributed by atoms with Crippen LogP contribution in [0.15, 0.2) is 77.7 Å². The van der Waals surface area contributed by atoms with Crippen LogP contribution in [0.25, 0.3) is 0 Å². The number of nitrogens with zero attached hydrogens (tertiary/aromatic N) is 2. The molecule has 0 heterocycles. The van der Waals surface area contributed by atoms with Gasteiger partial charge in [0.15, 0.2) is 0 Å². The van der Waals surface area contributed by atoms with Crippen molar-refractivity contribution in [3.63, 3.8) is 0 Å². The highest BCUT2D eigenvalue weighted by molar-refractivity contribution is 7.92. The number of hydrogen-bond donors (Lipinski definition) is 1. The number of halogens is 2. The molecule has 1 N–H and O–H groups in total. The van der Waals surface area contributed by atoms with Gasteiger partial charge in [0.25, 0.3) is 10.0 Å². The first-order valence-corrected chi connectivity index (χ1v) is 14.5. The molecule has 0 aliphatic carbocycles. The lowest BCUT2D eigenvalue weighted by atomic mass is 10.1. The van der Waals surface area contributed by atoms with Gasteiger partial charge in [0.05, 0.1) is 17.7 Å². The number of rotatable bonds is 12. The molecule has 0 saturated heterocycles. The summed E-state index contributed by atoms with van der Waals surface area (Å²) >= 11 is 6.15. The SMILES string of the molecule is CCC(C)NC(=O)C(C)N(Cc1cccc(Cl)c1)C(=O)CN(c1ccc(F)cc1)S(=O)(=O)c1ccc(OC)cc1. The molecular formula is C29H33ClFN3O5S. The third-order valence-electron chi connectivity index (χ3n) is 6.45. The van der Waals surface area contributed by atoms with Crippen molar-refractivity contribution in [2.45, 2.75) is 50.7 Å². The first-order valence-electron chi connectivity index (χ1n) is 12.7. The van der Waals surface area contributed by atoms with E-state index in [9.17, 15) is 22.4 Å². The smallest absolute Gasteiger partial charge is 0.264 e. The van der Waals surface area contributed by atoms with Crippen LogP contribution in [-0.4, -0.2) is 50.9 Å². The third-order valence-corrected chi connectivity index (χ3v) is 8.47. The molecule has 0 aromatic heterocycles. The van der Waals surface area contributed by atoms with Crippen molar-refractivity contribution in [1.29, 1.82) is 0 Å². The van der Waals surface area contributed by atoms with Gasteiger partial charge in [-0.3, -0.25) is 13.9 Å². The Balaban J connectivity index is 2.02. The summed E-state index contributed by atoms with van der Waals surface area (Å²) in [4.78, 5) is 28.2. The van der Waals surface area contributed by atoms with E-state index in [2.05, 4.69) is 5.32 Å². The number of nitrogens with one attached hydrogen (secondary N) is 1. The van der Waals surface area contributed by atoms with Crippen LogP contribution >= 0.6 is 11.6 Å². The first-order chi connectivity index (χ1) is 19.0. The zero-order chi connectivity index (χ0) is 29.4. The summed E-state index contributed by atoms with van der Waals surface area (Å²) < 4.78 is 47.3. The number of methoxy groups -OCH3 is 1. The van der Waals surface area contributed by atoms with Crippen LogP contribution < -0.4 is 14.4 Å². The Bertz CT molecular complexity index is 1420. The molecule has 0 spiro atoms.